The van der Waals surface area contributed by atoms with Crippen LogP contribution in [0.25, 0.3) is 16.6 Å². The molecule has 0 saturated carbocycles. The van der Waals surface area contributed by atoms with E-state index in [-0.39, 0.29) is 11.5 Å². The van der Waals surface area contributed by atoms with E-state index in [2.05, 4.69) is 29.8 Å². The van der Waals surface area contributed by atoms with Gasteiger partial charge in [0.1, 0.15) is 5.82 Å². The lowest BCUT2D eigenvalue weighted by Crippen LogP contribution is -2.07. The summed E-state index contributed by atoms with van der Waals surface area (Å²) in [6, 6.07) is 22.4. The highest BCUT2D eigenvalue weighted by Gasteiger charge is 2.19. The quantitative estimate of drug-likeness (QED) is 0.251. The predicted molar refractivity (Wildman–Crippen MR) is 144 cm³/mol. The van der Waals surface area contributed by atoms with Gasteiger partial charge in [0.25, 0.3) is 0 Å². The number of hydrogen-bond acceptors (Lipinski definition) is 3. The first-order chi connectivity index (χ1) is 17.4. The molecule has 0 unspecified atom stereocenters. The molecule has 0 amide bonds. The van der Waals surface area contributed by atoms with Gasteiger partial charge in [-0.25, -0.2) is 9.78 Å². The van der Waals surface area contributed by atoms with Crippen molar-refractivity contribution in [1.82, 2.24) is 9.97 Å². The highest BCUT2D eigenvalue weighted by atomic mass is 35.5. The average Bonchev–Trinajstić information content (AvgIpc) is 3.31. The molecule has 3 aromatic carbocycles. The minimum absolute atomic E-state index is 0.0924. The van der Waals surface area contributed by atoms with Crippen LogP contribution in [0.2, 0.25) is 5.02 Å². The standard InChI is InChI=1S/C30H24ClN3O2/c1-3-21(26-17-24(31)13-11-23(26)18-32)10-9-19(2)25(15-20-7-5-4-6-8-20)29-33-27-14-12-22(30(35)36)16-28(27)34-29/h3-14,16-17,25H,1,15H2,2H3,(H,33,34)(H,35,36)/b19-9+,21-10+/t25-/m1/s1. The number of benzene rings is 3. The maximum Gasteiger partial charge on any atom is 0.335 e. The first-order valence-electron chi connectivity index (χ1n) is 11.4. The minimum Gasteiger partial charge on any atom is -0.478 e. The summed E-state index contributed by atoms with van der Waals surface area (Å²) >= 11 is 6.19. The molecule has 2 N–H and O–H groups in total. The van der Waals surface area contributed by atoms with Crippen LogP contribution in [0.1, 0.15) is 45.7 Å². The van der Waals surface area contributed by atoms with Gasteiger partial charge >= 0.3 is 5.97 Å². The van der Waals surface area contributed by atoms with Crippen molar-refractivity contribution in [3.63, 3.8) is 0 Å². The molecule has 1 heterocycles. The molecule has 0 radical (unpaired) electrons. The number of aromatic carboxylic acids is 1. The number of H-pyrrole nitrogens is 1. The van der Waals surface area contributed by atoms with Crippen molar-refractivity contribution in [2.75, 3.05) is 0 Å². The number of rotatable bonds is 8. The Kier molecular flexibility index (Phi) is 7.48. The third-order valence-corrected chi connectivity index (χ3v) is 6.30. The molecule has 0 bridgehead atoms. The fourth-order valence-electron chi connectivity index (χ4n) is 4.10. The van der Waals surface area contributed by atoms with E-state index in [4.69, 9.17) is 16.6 Å². The summed E-state index contributed by atoms with van der Waals surface area (Å²) in [5, 5.41) is 19.4. The van der Waals surface area contributed by atoms with Gasteiger partial charge in [0.05, 0.1) is 28.2 Å². The fraction of sp³-hybridized carbons (Fsp3) is 0.100. The molecule has 0 saturated heterocycles. The van der Waals surface area contributed by atoms with Gasteiger partial charge in [-0.15, -0.1) is 0 Å². The Labute approximate surface area is 214 Å². The molecule has 36 heavy (non-hydrogen) atoms. The average molecular weight is 494 g/mol. The van der Waals surface area contributed by atoms with Crippen LogP contribution in [-0.4, -0.2) is 21.0 Å². The number of carboxylic acids is 1. The summed E-state index contributed by atoms with van der Waals surface area (Å²) in [5.41, 5.74) is 5.78. The van der Waals surface area contributed by atoms with E-state index in [1.54, 1.807) is 42.5 Å². The molecule has 0 aliphatic rings. The van der Waals surface area contributed by atoms with Crippen LogP contribution < -0.4 is 0 Å². The second-order valence-corrected chi connectivity index (χ2v) is 8.88. The van der Waals surface area contributed by atoms with Crippen LogP contribution >= 0.6 is 11.6 Å². The zero-order valence-electron chi connectivity index (χ0n) is 19.7. The Hall–Kier alpha value is -4.40. The highest BCUT2D eigenvalue weighted by Crippen LogP contribution is 2.30. The minimum atomic E-state index is -0.988. The molecule has 1 aromatic heterocycles. The molecule has 0 fully saturated rings. The van der Waals surface area contributed by atoms with E-state index in [1.165, 1.54) is 0 Å². The van der Waals surface area contributed by atoms with Crippen LogP contribution in [0.4, 0.5) is 0 Å². The monoisotopic (exact) mass is 493 g/mol. The molecule has 4 aromatic rings. The highest BCUT2D eigenvalue weighted by molar-refractivity contribution is 6.30. The Morgan fingerprint density at radius 1 is 1.17 bits per heavy atom. The number of imidazole rings is 1. The van der Waals surface area contributed by atoms with E-state index in [1.807, 2.05) is 37.3 Å². The lowest BCUT2D eigenvalue weighted by Gasteiger charge is -2.16. The summed E-state index contributed by atoms with van der Waals surface area (Å²) in [6.45, 7) is 5.96. The van der Waals surface area contributed by atoms with Gasteiger partial charge in [-0.2, -0.15) is 5.26 Å². The summed E-state index contributed by atoms with van der Waals surface area (Å²) in [6.07, 6.45) is 6.34. The van der Waals surface area contributed by atoms with Gasteiger partial charge in [-0.05, 0) is 60.9 Å². The van der Waals surface area contributed by atoms with E-state index >= 15 is 0 Å². The number of nitrogens with zero attached hydrogens (tertiary/aromatic N) is 2. The maximum atomic E-state index is 11.4. The first-order valence-corrected chi connectivity index (χ1v) is 11.7. The summed E-state index contributed by atoms with van der Waals surface area (Å²) in [5.74, 6) is -0.331. The second kappa shape index (κ2) is 10.9. The molecule has 178 valence electrons. The molecule has 6 heteroatoms. The maximum absolute atomic E-state index is 11.4. The van der Waals surface area contributed by atoms with Crippen LogP contribution in [-0.2, 0) is 6.42 Å². The van der Waals surface area contributed by atoms with Gasteiger partial charge in [0, 0.05) is 16.5 Å². The SMILES string of the molecule is C=C/C(=C\C=C(/C)[C@@H](Cc1ccccc1)c1nc2cc(C(=O)O)ccc2[nH]1)c1cc(Cl)ccc1C#N. The molecular weight excluding hydrogens is 470 g/mol. The number of aromatic nitrogens is 2. The molecule has 5 nitrogen and oxygen atoms in total. The Bertz CT molecular complexity index is 1540. The second-order valence-electron chi connectivity index (χ2n) is 8.44. The lowest BCUT2D eigenvalue weighted by molar-refractivity contribution is 0.0697. The van der Waals surface area contributed by atoms with Crippen LogP contribution in [0, 0.1) is 11.3 Å². The molecule has 4 rings (SSSR count). The van der Waals surface area contributed by atoms with E-state index in [0.717, 1.165) is 28.1 Å². The molecule has 1 atom stereocenters. The number of nitriles is 1. The largest absolute Gasteiger partial charge is 0.478 e. The van der Waals surface area contributed by atoms with Crippen molar-refractivity contribution in [2.45, 2.75) is 19.3 Å². The predicted octanol–water partition coefficient (Wildman–Crippen LogP) is 7.33. The van der Waals surface area contributed by atoms with Crippen molar-refractivity contribution in [3.05, 3.63) is 130 Å². The number of nitrogens with one attached hydrogen (secondary N) is 1. The smallest absolute Gasteiger partial charge is 0.335 e. The van der Waals surface area contributed by atoms with Crippen molar-refractivity contribution in [3.8, 4) is 6.07 Å². The van der Waals surface area contributed by atoms with Crippen molar-refractivity contribution in [1.29, 1.82) is 5.26 Å². The van der Waals surface area contributed by atoms with Gasteiger partial charge in [-0.1, -0.05) is 72.3 Å². The number of hydrogen-bond donors (Lipinski definition) is 2. The molecular formula is C30H24ClN3O2. The zero-order chi connectivity index (χ0) is 25.7. The summed E-state index contributed by atoms with van der Waals surface area (Å²) in [4.78, 5) is 19.5. The van der Waals surface area contributed by atoms with E-state index in [0.29, 0.717) is 28.1 Å². The van der Waals surface area contributed by atoms with Gasteiger partial charge < -0.3 is 10.1 Å². The topological polar surface area (TPSA) is 89.8 Å². The number of halogens is 1. The number of carboxylic acid groups (broad SMARTS) is 1. The Balaban J connectivity index is 1.77. The lowest BCUT2D eigenvalue weighted by atomic mass is 9.91. The van der Waals surface area contributed by atoms with Gasteiger partial charge in [0.2, 0.25) is 0 Å². The fourth-order valence-corrected chi connectivity index (χ4v) is 4.28. The van der Waals surface area contributed by atoms with Crippen LogP contribution in [0.3, 0.4) is 0 Å². The summed E-state index contributed by atoms with van der Waals surface area (Å²) < 4.78 is 0. The first kappa shape index (κ1) is 24.7. The van der Waals surface area contributed by atoms with Crippen LogP contribution in [0.5, 0.6) is 0 Å². The van der Waals surface area contributed by atoms with E-state index in [9.17, 15) is 15.2 Å². The summed E-state index contributed by atoms with van der Waals surface area (Å²) in [7, 11) is 0. The zero-order valence-corrected chi connectivity index (χ0v) is 20.5. The molecule has 0 aliphatic heterocycles. The molecule has 0 aliphatic carbocycles. The third-order valence-electron chi connectivity index (χ3n) is 6.07. The van der Waals surface area contributed by atoms with Crippen LogP contribution in [0.15, 0.2) is 97.1 Å². The number of allylic oxidation sites excluding steroid dienone is 5. The van der Waals surface area contributed by atoms with Crippen molar-refractivity contribution in [2.24, 2.45) is 0 Å². The number of carbonyl (C=O) groups is 1. The van der Waals surface area contributed by atoms with Gasteiger partial charge in [0.15, 0.2) is 0 Å². The Morgan fingerprint density at radius 3 is 2.64 bits per heavy atom. The Morgan fingerprint density at radius 2 is 1.94 bits per heavy atom. The normalized spacial score (nSPS) is 12.8. The van der Waals surface area contributed by atoms with Gasteiger partial charge in [-0.3, -0.25) is 0 Å². The molecule has 0 spiro atoms. The van der Waals surface area contributed by atoms with E-state index < -0.39 is 5.97 Å². The number of fused-ring (bicyclic) bond motifs is 1. The third kappa shape index (κ3) is 5.46. The van der Waals surface area contributed by atoms with Crippen molar-refractivity contribution < 1.29 is 9.90 Å². The number of aromatic amines is 1. The van der Waals surface area contributed by atoms with Crippen molar-refractivity contribution >= 4 is 34.2 Å².